The van der Waals surface area contributed by atoms with Gasteiger partial charge in [-0.3, -0.25) is 9.59 Å². The van der Waals surface area contributed by atoms with Gasteiger partial charge in [0.1, 0.15) is 85.4 Å². The minimum Gasteiger partial charge on any atom is -0.394 e. The number of hydrogen-bond acceptors (Lipinski definition) is 21. The molecule has 4 heterocycles. The fourth-order valence-corrected chi connectivity index (χ4v) is 7.87. The molecule has 362 valence electrons. The van der Waals surface area contributed by atoms with Gasteiger partial charge in [-0.25, -0.2) is 0 Å². The van der Waals surface area contributed by atoms with Crippen molar-refractivity contribution < 1.29 is 103 Å². The molecule has 23 nitrogen and oxygen atoms in total. The van der Waals surface area contributed by atoms with Crippen molar-refractivity contribution in [2.45, 2.75) is 177 Å². The second kappa shape index (κ2) is 25.2. The summed E-state index contributed by atoms with van der Waals surface area (Å²) in [6, 6.07) is -2.60. The minimum atomic E-state index is -1.80. The lowest BCUT2D eigenvalue weighted by atomic mass is 9.87. The number of hydrogen-bond donors (Lipinski definition) is 11. The van der Waals surface area contributed by atoms with Crippen LogP contribution in [0.3, 0.4) is 0 Å². The third-order valence-electron chi connectivity index (χ3n) is 11.1. The van der Waals surface area contributed by atoms with Gasteiger partial charge in [-0.15, -0.1) is 0 Å². The molecule has 0 spiro atoms. The molecule has 0 aromatic carbocycles. The molecule has 4 aliphatic heterocycles. The fourth-order valence-electron chi connectivity index (χ4n) is 7.87. The molecule has 0 radical (unpaired) electrons. The predicted octanol–water partition coefficient (Wildman–Crippen LogP) is -4.87. The molecular weight excluding hydrogens is 832 g/mol. The molecule has 4 aliphatic rings. The van der Waals surface area contributed by atoms with E-state index >= 15 is 0 Å². The highest BCUT2D eigenvalue weighted by Crippen LogP contribution is 2.35. The Balaban J connectivity index is 1.54. The summed E-state index contributed by atoms with van der Waals surface area (Å²) in [5, 5.41) is 103. The van der Waals surface area contributed by atoms with Gasteiger partial charge in [-0.05, 0) is 25.7 Å². The molecule has 4 rings (SSSR count). The van der Waals surface area contributed by atoms with E-state index in [1.807, 2.05) is 6.92 Å². The van der Waals surface area contributed by atoms with Crippen LogP contribution in [-0.4, -0.2) is 233 Å². The molecule has 0 aliphatic carbocycles. The maximum Gasteiger partial charge on any atom is 0.217 e. The van der Waals surface area contributed by atoms with Gasteiger partial charge in [0, 0.05) is 33.7 Å². The van der Waals surface area contributed by atoms with E-state index in [1.54, 1.807) is 13.8 Å². The van der Waals surface area contributed by atoms with Crippen molar-refractivity contribution in [1.29, 1.82) is 0 Å². The van der Waals surface area contributed by atoms with Crippen molar-refractivity contribution in [3.8, 4) is 0 Å². The Bertz CT molecular complexity index is 1340. The van der Waals surface area contributed by atoms with Crippen molar-refractivity contribution in [3.05, 3.63) is 0 Å². The van der Waals surface area contributed by atoms with Crippen molar-refractivity contribution in [1.82, 2.24) is 10.6 Å². The molecule has 23 heteroatoms. The SMILES string of the molecule is CCCOCCCOCCOC1[C@H](O)C(CO)O[C@@H](O[C@@H]2C(CO)O[C@@H](O[C@@H]3C(CO[C@@H]4OC(C)[C@@H](O)C(O)C4O)O[C@@H](C(C)C)[C@@H](NC(C)=O)C3O)[C@@H](NC(C)=O)C2O)[C@@H]1O. The number of nitrogens with one attached hydrogen (secondary N) is 2. The molecule has 62 heavy (non-hydrogen) atoms. The number of aliphatic hydroxyl groups is 9. The zero-order valence-electron chi connectivity index (χ0n) is 36.1. The number of aliphatic hydroxyl groups excluding tert-OH is 9. The van der Waals surface area contributed by atoms with Crippen LogP contribution in [0, 0.1) is 5.92 Å². The third-order valence-corrected chi connectivity index (χ3v) is 11.1. The molecule has 0 aromatic rings. The molecule has 0 saturated carbocycles. The maximum absolute atomic E-state index is 12.6. The van der Waals surface area contributed by atoms with Gasteiger partial charge in [0.15, 0.2) is 18.9 Å². The summed E-state index contributed by atoms with van der Waals surface area (Å²) >= 11 is 0. The molecule has 9 unspecified atom stereocenters. The number of ether oxygens (including phenoxy) is 10. The summed E-state index contributed by atoms with van der Waals surface area (Å²) in [4.78, 5) is 24.9. The lowest BCUT2D eigenvalue weighted by Gasteiger charge is -2.50. The van der Waals surface area contributed by atoms with E-state index < -0.39 is 154 Å². The van der Waals surface area contributed by atoms with Crippen molar-refractivity contribution in [3.63, 3.8) is 0 Å². The first-order valence-corrected chi connectivity index (χ1v) is 21.3. The first-order valence-electron chi connectivity index (χ1n) is 21.3. The Hall–Kier alpha value is -1.82. The van der Waals surface area contributed by atoms with Crippen molar-refractivity contribution in [2.75, 3.05) is 52.9 Å². The zero-order chi connectivity index (χ0) is 45.8. The lowest BCUT2D eigenvalue weighted by molar-refractivity contribution is -0.362. The van der Waals surface area contributed by atoms with E-state index in [9.17, 15) is 55.5 Å². The van der Waals surface area contributed by atoms with Crippen LogP contribution in [0.25, 0.3) is 0 Å². The first-order chi connectivity index (χ1) is 29.4. The van der Waals surface area contributed by atoms with E-state index in [4.69, 9.17) is 47.4 Å². The molecular formula is C39H70N2O21. The van der Waals surface area contributed by atoms with Crippen LogP contribution >= 0.6 is 0 Å². The second-order valence-electron chi connectivity index (χ2n) is 16.4. The van der Waals surface area contributed by atoms with Crippen molar-refractivity contribution in [2.24, 2.45) is 5.92 Å². The minimum absolute atomic E-state index is 0.0700. The Kier molecular flexibility index (Phi) is 21.5. The summed E-state index contributed by atoms with van der Waals surface area (Å²) in [6.45, 7) is 8.96. The number of carbonyl (C=O) groups is 2. The van der Waals surface area contributed by atoms with Crippen LogP contribution < -0.4 is 10.6 Å². The average molecular weight is 903 g/mol. The van der Waals surface area contributed by atoms with E-state index in [2.05, 4.69) is 10.6 Å². The lowest BCUT2D eigenvalue weighted by Crippen LogP contribution is -2.70. The molecule has 0 aromatic heterocycles. The summed E-state index contributed by atoms with van der Waals surface area (Å²) in [5.74, 6) is -1.49. The van der Waals surface area contributed by atoms with Gasteiger partial charge in [0.05, 0.1) is 51.3 Å². The van der Waals surface area contributed by atoms with Crippen molar-refractivity contribution >= 4 is 11.8 Å². The highest BCUT2D eigenvalue weighted by molar-refractivity contribution is 5.73. The maximum atomic E-state index is 12.6. The summed E-state index contributed by atoms with van der Waals surface area (Å²) in [5.41, 5.74) is 0. The standard InChI is InChI=1S/C39H70N2O21/c1-7-9-53-10-8-11-54-12-13-55-36-27(47)21(14-42)59-39(32(36)52)62-34-22(15-43)60-37(25(29(34)49)41-20(6)45)61-35-23(16-56-38-31(51)30(50)26(46)18(4)57-38)58-33(17(2)3)24(28(35)48)40-19(5)44/h17-18,21-39,42-43,46-52H,7-16H2,1-6H3,(H,40,44)(H,41,45)/t18?,21?,22?,23?,24-,25-,26+,27+,28?,29?,30?,31?,32+,33-,34+,35+,36?,37-,38+,39-/m0/s1. The van der Waals surface area contributed by atoms with E-state index in [-0.39, 0.29) is 19.1 Å². The van der Waals surface area contributed by atoms with E-state index in [0.29, 0.717) is 26.2 Å². The van der Waals surface area contributed by atoms with Gasteiger partial charge in [-0.2, -0.15) is 0 Å². The van der Waals surface area contributed by atoms with Gasteiger partial charge >= 0.3 is 0 Å². The van der Waals surface area contributed by atoms with Crippen LogP contribution in [0.4, 0.5) is 0 Å². The first kappa shape index (κ1) is 52.8. The molecule has 11 N–H and O–H groups in total. The van der Waals surface area contributed by atoms with Crippen LogP contribution in [-0.2, 0) is 57.0 Å². The van der Waals surface area contributed by atoms with Gasteiger partial charge in [-0.1, -0.05) is 20.8 Å². The van der Waals surface area contributed by atoms with Gasteiger partial charge in [0.2, 0.25) is 11.8 Å². The summed E-state index contributed by atoms with van der Waals surface area (Å²) in [6.07, 6.45) is -24.9. The Morgan fingerprint density at radius 3 is 1.77 bits per heavy atom. The van der Waals surface area contributed by atoms with Crippen LogP contribution in [0.2, 0.25) is 0 Å². The third kappa shape index (κ3) is 13.6. The molecule has 4 saturated heterocycles. The number of rotatable bonds is 22. The fraction of sp³-hybridized carbons (Fsp3) is 0.949. The predicted molar refractivity (Wildman–Crippen MR) is 209 cm³/mol. The molecule has 2 amide bonds. The number of carbonyl (C=O) groups excluding carboxylic acids is 2. The summed E-state index contributed by atoms with van der Waals surface area (Å²) < 4.78 is 58.6. The Morgan fingerprint density at radius 1 is 0.581 bits per heavy atom. The highest BCUT2D eigenvalue weighted by atomic mass is 16.7. The Labute approximate surface area is 360 Å². The molecule has 4 fully saturated rings. The largest absolute Gasteiger partial charge is 0.394 e. The topological polar surface area (TPSA) is 333 Å². The van der Waals surface area contributed by atoms with Crippen LogP contribution in [0.5, 0.6) is 0 Å². The van der Waals surface area contributed by atoms with Crippen LogP contribution in [0.15, 0.2) is 0 Å². The quantitative estimate of drug-likeness (QED) is 0.0454. The van der Waals surface area contributed by atoms with Gasteiger partial charge < -0.3 is 104 Å². The van der Waals surface area contributed by atoms with E-state index in [1.165, 1.54) is 13.8 Å². The summed E-state index contributed by atoms with van der Waals surface area (Å²) in [7, 11) is 0. The Morgan fingerprint density at radius 2 is 1.16 bits per heavy atom. The van der Waals surface area contributed by atoms with Gasteiger partial charge in [0.25, 0.3) is 0 Å². The molecule has 0 bridgehead atoms. The van der Waals surface area contributed by atoms with E-state index in [0.717, 1.165) is 13.3 Å². The normalized spacial score (nSPS) is 41.5. The second-order valence-corrected chi connectivity index (χ2v) is 16.4. The highest BCUT2D eigenvalue weighted by Gasteiger charge is 2.55. The van der Waals surface area contributed by atoms with Crippen LogP contribution in [0.1, 0.15) is 54.4 Å². The monoisotopic (exact) mass is 902 g/mol. The smallest absolute Gasteiger partial charge is 0.217 e. The number of amides is 2. The molecule has 20 atom stereocenters. The average Bonchev–Trinajstić information content (AvgIpc) is 3.22. The zero-order valence-corrected chi connectivity index (χ0v) is 36.1.